The Labute approximate surface area is 77.7 Å². The third-order valence-electron chi connectivity index (χ3n) is 3.38. The molecule has 0 nitrogen and oxygen atoms in total. The summed E-state index contributed by atoms with van der Waals surface area (Å²) < 4.78 is 0. The summed E-state index contributed by atoms with van der Waals surface area (Å²) in [6.07, 6.45) is 5.90. The summed E-state index contributed by atoms with van der Waals surface area (Å²) in [6.45, 7) is 9.54. The van der Waals surface area contributed by atoms with Crippen molar-refractivity contribution in [3.63, 3.8) is 0 Å². The second kappa shape index (κ2) is 4.30. The van der Waals surface area contributed by atoms with Crippen LogP contribution in [0.5, 0.6) is 0 Å². The minimum Gasteiger partial charge on any atom is -0.0628 e. The van der Waals surface area contributed by atoms with Gasteiger partial charge in [0.15, 0.2) is 0 Å². The predicted octanol–water partition coefficient (Wildman–Crippen LogP) is 4.10. The van der Waals surface area contributed by atoms with Gasteiger partial charge in [-0.25, -0.2) is 0 Å². The van der Waals surface area contributed by atoms with Gasteiger partial charge in [-0.1, -0.05) is 34.1 Å². The minimum absolute atomic E-state index is 0.885. The molecule has 0 N–H and O–H groups in total. The predicted molar refractivity (Wildman–Crippen MR) is 55.1 cm³/mol. The molecule has 0 heteroatoms. The highest BCUT2D eigenvalue weighted by molar-refractivity contribution is 4.77. The number of hydrogen-bond acceptors (Lipinski definition) is 0. The zero-order valence-corrected chi connectivity index (χ0v) is 9.14. The molecule has 0 aliphatic heterocycles. The SMILES string of the molecule is CC(C)CC(C)C1CCC(C)C1. The molecule has 0 bridgehead atoms. The second-order valence-corrected chi connectivity index (χ2v) is 5.29. The average Bonchev–Trinajstić information content (AvgIpc) is 2.34. The van der Waals surface area contributed by atoms with Gasteiger partial charge in [-0.05, 0) is 42.9 Å². The molecule has 3 unspecified atom stereocenters. The summed E-state index contributed by atoms with van der Waals surface area (Å²) in [5.41, 5.74) is 0. The van der Waals surface area contributed by atoms with Gasteiger partial charge in [0, 0.05) is 0 Å². The summed E-state index contributed by atoms with van der Waals surface area (Å²) in [5, 5.41) is 0. The minimum atomic E-state index is 0.885. The molecular weight excluding hydrogens is 144 g/mol. The van der Waals surface area contributed by atoms with Crippen molar-refractivity contribution in [1.29, 1.82) is 0 Å². The van der Waals surface area contributed by atoms with Crippen LogP contribution in [0.3, 0.4) is 0 Å². The van der Waals surface area contributed by atoms with Crippen molar-refractivity contribution < 1.29 is 0 Å². The van der Waals surface area contributed by atoms with E-state index in [-0.39, 0.29) is 0 Å². The van der Waals surface area contributed by atoms with Crippen LogP contribution in [0.1, 0.15) is 53.4 Å². The normalized spacial score (nSPS) is 32.8. The average molecular weight is 168 g/mol. The van der Waals surface area contributed by atoms with Crippen LogP contribution < -0.4 is 0 Å². The fourth-order valence-electron chi connectivity index (χ4n) is 2.70. The van der Waals surface area contributed by atoms with Gasteiger partial charge in [-0.3, -0.25) is 0 Å². The van der Waals surface area contributed by atoms with Crippen LogP contribution in [0.2, 0.25) is 0 Å². The van der Waals surface area contributed by atoms with Crippen LogP contribution in [-0.4, -0.2) is 0 Å². The molecule has 72 valence electrons. The lowest BCUT2D eigenvalue weighted by Crippen LogP contribution is -2.10. The molecule has 0 aromatic rings. The summed E-state index contributed by atoms with van der Waals surface area (Å²) in [6, 6.07) is 0. The Balaban J connectivity index is 2.28. The quantitative estimate of drug-likeness (QED) is 0.595. The van der Waals surface area contributed by atoms with Crippen LogP contribution in [0, 0.1) is 23.7 Å². The zero-order valence-electron chi connectivity index (χ0n) is 9.14. The Kier molecular flexibility index (Phi) is 3.61. The molecular formula is C12H24. The van der Waals surface area contributed by atoms with E-state index in [0.29, 0.717) is 0 Å². The van der Waals surface area contributed by atoms with E-state index in [1.165, 1.54) is 25.7 Å². The molecule has 0 spiro atoms. The summed E-state index contributed by atoms with van der Waals surface area (Å²) in [4.78, 5) is 0. The standard InChI is InChI=1S/C12H24/c1-9(2)7-11(4)12-6-5-10(3)8-12/h9-12H,5-8H2,1-4H3. The van der Waals surface area contributed by atoms with Gasteiger partial charge in [0.1, 0.15) is 0 Å². The van der Waals surface area contributed by atoms with Gasteiger partial charge >= 0.3 is 0 Å². The molecule has 12 heavy (non-hydrogen) atoms. The van der Waals surface area contributed by atoms with E-state index in [0.717, 1.165) is 23.7 Å². The van der Waals surface area contributed by atoms with Crippen LogP contribution in [0.15, 0.2) is 0 Å². The van der Waals surface area contributed by atoms with E-state index in [1.54, 1.807) is 0 Å². The van der Waals surface area contributed by atoms with Crippen LogP contribution in [-0.2, 0) is 0 Å². The lowest BCUT2D eigenvalue weighted by Gasteiger charge is -2.20. The Morgan fingerprint density at radius 2 is 1.83 bits per heavy atom. The monoisotopic (exact) mass is 168 g/mol. The van der Waals surface area contributed by atoms with Crippen molar-refractivity contribution >= 4 is 0 Å². The highest BCUT2D eigenvalue weighted by atomic mass is 14.3. The molecule has 1 saturated carbocycles. The first-order valence-electron chi connectivity index (χ1n) is 5.59. The molecule has 0 aromatic heterocycles. The van der Waals surface area contributed by atoms with E-state index in [4.69, 9.17) is 0 Å². The number of hydrogen-bond donors (Lipinski definition) is 0. The lowest BCUT2D eigenvalue weighted by atomic mass is 9.85. The molecule has 0 aromatic carbocycles. The molecule has 0 saturated heterocycles. The van der Waals surface area contributed by atoms with Gasteiger partial charge in [-0.2, -0.15) is 0 Å². The van der Waals surface area contributed by atoms with Crippen LogP contribution in [0.25, 0.3) is 0 Å². The Bertz CT molecular complexity index is 126. The van der Waals surface area contributed by atoms with Crippen molar-refractivity contribution in [3.05, 3.63) is 0 Å². The van der Waals surface area contributed by atoms with E-state index in [2.05, 4.69) is 27.7 Å². The molecule has 3 atom stereocenters. The molecule has 0 amide bonds. The summed E-state index contributed by atoms with van der Waals surface area (Å²) in [7, 11) is 0. The van der Waals surface area contributed by atoms with Gasteiger partial charge < -0.3 is 0 Å². The fraction of sp³-hybridized carbons (Fsp3) is 1.00. The van der Waals surface area contributed by atoms with Gasteiger partial charge in [0.05, 0.1) is 0 Å². The van der Waals surface area contributed by atoms with E-state index in [1.807, 2.05) is 0 Å². The van der Waals surface area contributed by atoms with Crippen molar-refractivity contribution in [3.8, 4) is 0 Å². The second-order valence-electron chi connectivity index (χ2n) is 5.29. The van der Waals surface area contributed by atoms with Crippen molar-refractivity contribution in [1.82, 2.24) is 0 Å². The van der Waals surface area contributed by atoms with Crippen molar-refractivity contribution in [2.45, 2.75) is 53.4 Å². The van der Waals surface area contributed by atoms with Crippen LogP contribution >= 0.6 is 0 Å². The molecule has 1 aliphatic carbocycles. The third kappa shape index (κ3) is 2.80. The smallest absolute Gasteiger partial charge is 0.0386 e. The fourth-order valence-corrected chi connectivity index (χ4v) is 2.70. The van der Waals surface area contributed by atoms with Crippen molar-refractivity contribution in [2.24, 2.45) is 23.7 Å². The lowest BCUT2D eigenvalue weighted by molar-refractivity contribution is 0.303. The Morgan fingerprint density at radius 1 is 1.17 bits per heavy atom. The first-order chi connectivity index (χ1) is 5.59. The number of rotatable bonds is 3. The maximum Gasteiger partial charge on any atom is -0.0386 e. The summed E-state index contributed by atoms with van der Waals surface area (Å²) >= 11 is 0. The highest BCUT2D eigenvalue weighted by Gasteiger charge is 2.26. The van der Waals surface area contributed by atoms with E-state index in [9.17, 15) is 0 Å². The third-order valence-corrected chi connectivity index (χ3v) is 3.38. The van der Waals surface area contributed by atoms with Gasteiger partial charge in [-0.15, -0.1) is 0 Å². The first kappa shape index (κ1) is 10.1. The molecule has 0 radical (unpaired) electrons. The first-order valence-corrected chi connectivity index (χ1v) is 5.59. The maximum atomic E-state index is 2.45. The topological polar surface area (TPSA) is 0 Å². The molecule has 1 aliphatic rings. The molecule has 0 heterocycles. The van der Waals surface area contributed by atoms with Gasteiger partial charge in [0.25, 0.3) is 0 Å². The maximum absolute atomic E-state index is 2.45. The van der Waals surface area contributed by atoms with E-state index < -0.39 is 0 Å². The molecule has 1 fully saturated rings. The van der Waals surface area contributed by atoms with Crippen molar-refractivity contribution in [2.75, 3.05) is 0 Å². The Morgan fingerprint density at radius 3 is 2.25 bits per heavy atom. The Hall–Kier alpha value is 0. The summed E-state index contributed by atoms with van der Waals surface area (Å²) in [5.74, 6) is 3.90. The molecule has 1 rings (SSSR count). The zero-order chi connectivity index (χ0) is 9.14. The van der Waals surface area contributed by atoms with Gasteiger partial charge in [0.2, 0.25) is 0 Å². The largest absolute Gasteiger partial charge is 0.0628 e. The van der Waals surface area contributed by atoms with E-state index >= 15 is 0 Å². The van der Waals surface area contributed by atoms with Crippen LogP contribution in [0.4, 0.5) is 0 Å². The highest BCUT2D eigenvalue weighted by Crippen LogP contribution is 2.37.